The van der Waals surface area contributed by atoms with Crippen LogP contribution in [0, 0.1) is 12.8 Å². The molecule has 1 aromatic carbocycles. The SMILES string of the molecule is CC(=O)OC[C@H]1CC[C@@H](n2cc(C)c(=O)n(C(=O)c3ccccc3)c2=O)C1. The zero-order chi connectivity index (χ0) is 19.6. The van der Waals surface area contributed by atoms with Gasteiger partial charge in [-0.2, -0.15) is 4.57 Å². The lowest BCUT2D eigenvalue weighted by Crippen LogP contribution is -2.45. The number of carbonyl (C=O) groups excluding carboxylic acids is 2. The Morgan fingerprint density at radius 1 is 1.15 bits per heavy atom. The number of nitrogens with zero attached hydrogens (tertiary/aromatic N) is 2. The molecule has 142 valence electrons. The Balaban J connectivity index is 1.94. The molecule has 1 heterocycles. The summed E-state index contributed by atoms with van der Waals surface area (Å²) in [6, 6.07) is 8.14. The normalized spacial score (nSPS) is 19.0. The van der Waals surface area contributed by atoms with Gasteiger partial charge in [-0.05, 0) is 44.2 Å². The third-order valence-corrected chi connectivity index (χ3v) is 4.94. The Hall–Kier alpha value is -2.96. The molecule has 0 radical (unpaired) electrons. The van der Waals surface area contributed by atoms with Crippen LogP contribution in [0.5, 0.6) is 0 Å². The van der Waals surface area contributed by atoms with Crippen LogP contribution < -0.4 is 11.2 Å². The van der Waals surface area contributed by atoms with E-state index >= 15 is 0 Å². The molecule has 1 aliphatic carbocycles. The third kappa shape index (κ3) is 3.92. The summed E-state index contributed by atoms with van der Waals surface area (Å²) in [4.78, 5) is 49.2. The number of rotatable bonds is 4. The van der Waals surface area contributed by atoms with E-state index in [1.54, 1.807) is 37.3 Å². The van der Waals surface area contributed by atoms with Gasteiger partial charge in [0.2, 0.25) is 0 Å². The Morgan fingerprint density at radius 3 is 2.52 bits per heavy atom. The van der Waals surface area contributed by atoms with E-state index in [-0.39, 0.29) is 23.5 Å². The molecule has 0 amide bonds. The number of aromatic nitrogens is 2. The number of hydrogen-bond donors (Lipinski definition) is 0. The molecule has 0 aliphatic heterocycles. The molecule has 7 heteroatoms. The first-order chi connectivity index (χ1) is 12.9. The van der Waals surface area contributed by atoms with Crippen LogP contribution in [-0.2, 0) is 9.53 Å². The van der Waals surface area contributed by atoms with Gasteiger partial charge in [0.05, 0.1) is 6.61 Å². The van der Waals surface area contributed by atoms with Gasteiger partial charge in [-0.1, -0.05) is 18.2 Å². The van der Waals surface area contributed by atoms with Crippen molar-refractivity contribution in [2.24, 2.45) is 5.92 Å². The fourth-order valence-electron chi connectivity index (χ4n) is 3.54. The molecule has 1 saturated carbocycles. The van der Waals surface area contributed by atoms with E-state index in [2.05, 4.69) is 0 Å². The second-order valence-electron chi connectivity index (χ2n) is 6.95. The van der Waals surface area contributed by atoms with Crippen LogP contribution in [0.15, 0.2) is 46.1 Å². The molecule has 1 fully saturated rings. The van der Waals surface area contributed by atoms with Crippen LogP contribution in [0.2, 0.25) is 0 Å². The molecule has 3 rings (SSSR count). The van der Waals surface area contributed by atoms with Crippen molar-refractivity contribution in [1.29, 1.82) is 0 Å². The molecule has 0 bridgehead atoms. The summed E-state index contributed by atoms with van der Waals surface area (Å²) in [5.74, 6) is -0.790. The number of ether oxygens (including phenoxy) is 1. The van der Waals surface area contributed by atoms with Crippen LogP contribution in [0.1, 0.15) is 48.1 Å². The van der Waals surface area contributed by atoms with Gasteiger partial charge in [0, 0.05) is 30.3 Å². The first kappa shape index (κ1) is 18.8. The van der Waals surface area contributed by atoms with Gasteiger partial charge in [0.1, 0.15) is 0 Å². The molecule has 0 saturated heterocycles. The number of carbonyl (C=O) groups is 2. The highest BCUT2D eigenvalue weighted by Crippen LogP contribution is 2.33. The highest BCUT2D eigenvalue weighted by molar-refractivity contribution is 5.95. The van der Waals surface area contributed by atoms with E-state index in [1.807, 2.05) is 0 Å². The molecule has 2 atom stereocenters. The van der Waals surface area contributed by atoms with Crippen LogP contribution in [0.25, 0.3) is 0 Å². The Labute approximate surface area is 156 Å². The van der Waals surface area contributed by atoms with E-state index < -0.39 is 17.2 Å². The molecular formula is C20H22N2O5. The Morgan fingerprint density at radius 2 is 1.85 bits per heavy atom. The maximum Gasteiger partial charge on any atom is 0.338 e. The minimum absolute atomic E-state index is 0.132. The average Bonchev–Trinajstić information content (AvgIpc) is 3.12. The first-order valence-electron chi connectivity index (χ1n) is 8.96. The van der Waals surface area contributed by atoms with Crippen molar-refractivity contribution < 1.29 is 14.3 Å². The third-order valence-electron chi connectivity index (χ3n) is 4.94. The van der Waals surface area contributed by atoms with Crippen LogP contribution >= 0.6 is 0 Å². The predicted octanol–water partition coefficient (Wildman–Crippen LogP) is 1.91. The zero-order valence-electron chi connectivity index (χ0n) is 15.4. The van der Waals surface area contributed by atoms with E-state index in [4.69, 9.17) is 4.74 Å². The molecule has 7 nitrogen and oxygen atoms in total. The van der Waals surface area contributed by atoms with Crippen molar-refractivity contribution in [1.82, 2.24) is 9.13 Å². The average molecular weight is 370 g/mol. The number of hydrogen-bond acceptors (Lipinski definition) is 5. The Bertz CT molecular complexity index is 974. The summed E-state index contributed by atoms with van der Waals surface area (Å²) in [5.41, 5.74) is -0.604. The van der Waals surface area contributed by atoms with Gasteiger partial charge in [0.15, 0.2) is 0 Å². The monoisotopic (exact) mass is 370 g/mol. The van der Waals surface area contributed by atoms with Crippen LogP contribution in [-0.4, -0.2) is 27.6 Å². The van der Waals surface area contributed by atoms with Crippen LogP contribution in [0.4, 0.5) is 0 Å². The molecular weight excluding hydrogens is 348 g/mol. The fourth-order valence-corrected chi connectivity index (χ4v) is 3.54. The summed E-state index contributed by atoms with van der Waals surface area (Å²) in [5, 5.41) is 0. The largest absolute Gasteiger partial charge is 0.466 e. The smallest absolute Gasteiger partial charge is 0.338 e. The lowest BCUT2D eigenvalue weighted by atomic mass is 10.1. The zero-order valence-corrected chi connectivity index (χ0v) is 15.4. The quantitative estimate of drug-likeness (QED) is 0.767. The second kappa shape index (κ2) is 7.73. The topological polar surface area (TPSA) is 87.4 Å². The molecule has 0 spiro atoms. The first-order valence-corrected chi connectivity index (χ1v) is 8.96. The van der Waals surface area contributed by atoms with Gasteiger partial charge < -0.3 is 4.74 Å². The summed E-state index contributed by atoms with van der Waals surface area (Å²) in [6.07, 6.45) is 3.72. The fraction of sp³-hybridized carbons (Fsp3) is 0.400. The maximum atomic E-state index is 12.9. The summed E-state index contributed by atoms with van der Waals surface area (Å²) < 4.78 is 7.26. The van der Waals surface area contributed by atoms with E-state index in [0.29, 0.717) is 23.2 Å². The van der Waals surface area contributed by atoms with Crippen molar-refractivity contribution in [3.05, 3.63) is 68.5 Å². The minimum atomic E-state index is -0.627. The molecule has 0 unspecified atom stereocenters. The summed E-state index contributed by atoms with van der Waals surface area (Å²) in [7, 11) is 0. The van der Waals surface area contributed by atoms with Crippen molar-refractivity contribution >= 4 is 11.9 Å². The van der Waals surface area contributed by atoms with Gasteiger partial charge in [-0.25, -0.2) is 4.79 Å². The van der Waals surface area contributed by atoms with Crippen molar-refractivity contribution in [2.45, 2.75) is 39.2 Å². The van der Waals surface area contributed by atoms with Gasteiger partial charge in [-0.15, -0.1) is 0 Å². The second-order valence-corrected chi connectivity index (χ2v) is 6.95. The van der Waals surface area contributed by atoms with Gasteiger partial charge in [-0.3, -0.25) is 19.0 Å². The van der Waals surface area contributed by atoms with Crippen LogP contribution in [0.3, 0.4) is 0 Å². The van der Waals surface area contributed by atoms with E-state index in [9.17, 15) is 19.2 Å². The number of esters is 1. The lowest BCUT2D eigenvalue weighted by Gasteiger charge is -2.17. The molecule has 1 aliphatic rings. The number of aryl methyl sites for hydroxylation is 1. The number of benzene rings is 1. The standard InChI is InChI=1S/C20H22N2O5/c1-13-11-21(17-9-8-15(10-17)12-27-14(2)23)20(26)22(18(13)24)19(25)16-6-4-3-5-7-16/h3-7,11,15,17H,8-10,12H2,1-2H3/t15-,17+/m0/s1. The summed E-state index contributed by atoms with van der Waals surface area (Å²) in [6.45, 7) is 3.28. The van der Waals surface area contributed by atoms with Crippen molar-refractivity contribution in [3.63, 3.8) is 0 Å². The van der Waals surface area contributed by atoms with Crippen molar-refractivity contribution in [2.75, 3.05) is 6.61 Å². The lowest BCUT2D eigenvalue weighted by molar-refractivity contribution is -0.142. The molecule has 2 aromatic rings. The van der Waals surface area contributed by atoms with Gasteiger partial charge >= 0.3 is 11.7 Å². The van der Waals surface area contributed by atoms with Crippen molar-refractivity contribution in [3.8, 4) is 0 Å². The molecule has 0 N–H and O–H groups in total. The summed E-state index contributed by atoms with van der Waals surface area (Å²) >= 11 is 0. The Kier molecular flexibility index (Phi) is 5.39. The van der Waals surface area contributed by atoms with Gasteiger partial charge in [0.25, 0.3) is 11.5 Å². The van der Waals surface area contributed by atoms with E-state index in [1.165, 1.54) is 17.7 Å². The highest BCUT2D eigenvalue weighted by atomic mass is 16.5. The molecule has 27 heavy (non-hydrogen) atoms. The highest BCUT2D eigenvalue weighted by Gasteiger charge is 2.29. The minimum Gasteiger partial charge on any atom is -0.466 e. The predicted molar refractivity (Wildman–Crippen MR) is 98.9 cm³/mol. The maximum absolute atomic E-state index is 12.9. The van der Waals surface area contributed by atoms with E-state index in [0.717, 1.165) is 12.8 Å². The molecule has 1 aromatic heterocycles.